The Morgan fingerprint density at radius 2 is 2.29 bits per heavy atom. The molecule has 1 unspecified atom stereocenters. The van der Waals surface area contributed by atoms with Crippen molar-refractivity contribution in [1.29, 1.82) is 0 Å². The molecule has 14 heavy (non-hydrogen) atoms. The minimum atomic E-state index is -0.351. The van der Waals surface area contributed by atoms with E-state index in [4.69, 9.17) is 5.11 Å². The summed E-state index contributed by atoms with van der Waals surface area (Å²) in [5.41, 5.74) is 1.57. The van der Waals surface area contributed by atoms with Gasteiger partial charge in [-0.3, -0.25) is 4.99 Å². The fourth-order valence-corrected chi connectivity index (χ4v) is 1.07. The van der Waals surface area contributed by atoms with Crippen LogP contribution >= 0.6 is 0 Å². The molecular formula is C10H16N2O2. The van der Waals surface area contributed by atoms with E-state index in [2.05, 4.69) is 4.99 Å². The molecule has 0 spiro atoms. The summed E-state index contributed by atoms with van der Waals surface area (Å²) in [6, 6.07) is 3.59. The minimum Gasteiger partial charge on any atom is -0.427 e. The molecule has 0 saturated carbocycles. The highest BCUT2D eigenvalue weighted by molar-refractivity contribution is 5.06. The summed E-state index contributed by atoms with van der Waals surface area (Å²) in [6.45, 7) is 4.17. The van der Waals surface area contributed by atoms with Crippen molar-refractivity contribution in [3.8, 4) is 0 Å². The zero-order valence-electron chi connectivity index (χ0n) is 8.51. The van der Waals surface area contributed by atoms with Crippen molar-refractivity contribution in [3.63, 3.8) is 0 Å². The van der Waals surface area contributed by atoms with Crippen LogP contribution in [0.25, 0.3) is 0 Å². The normalized spacial score (nSPS) is 14.4. The third kappa shape index (κ3) is 3.22. The van der Waals surface area contributed by atoms with Crippen LogP contribution in [0, 0.1) is 6.92 Å². The quantitative estimate of drug-likeness (QED) is 0.699. The molecule has 0 saturated heterocycles. The summed E-state index contributed by atoms with van der Waals surface area (Å²) in [5.74, 6) is 0. The Bertz CT molecular complexity index is 355. The van der Waals surface area contributed by atoms with Crippen LogP contribution in [0.1, 0.15) is 18.9 Å². The average molecular weight is 196 g/mol. The van der Waals surface area contributed by atoms with Crippen LogP contribution in [0.3, 0.4) is 0 Å². The van der Waals surface area contributed by atoms with Gasteiger partial charge < -0.3 is 10.3 Å². The highest BCUT2D eigenvalue weighted by atomic mass is 16.5. The van der Waals surface area contributed by atoms with Gasteiger partial charge in [-0.2, -0.15) is 4.73 Å². The molecule has 0 radical (unpaired) electrons. The molecule has 1 aromatic rings. The van der Waals surface area contributed by atoms with Crippen molar-refractivity contribution >= 4 is 0 Å². The van der Waals surface area contributed by atoms with Gasteiger partial charge in [0.1, 0.15) is 0 Å². The van der Waals surface area contributed by atoms with E-state index >= 15 is 0 Å². The topological polar surface area (TPSA) is 57.8 Å². The van der Waals surface area contributed by atoms with Crippen molar-refractivity contribution in [2.24, 2.45) is 4.99 Å². The maximum absolute atomic E-state index is 9.36. The van der Waals surface area contributed by atoms with Gasteiger partial charge in [-0.05, 0) is 38.0 Å². The second-order valence-electron chi connectivity index (χ2n) is 3.43. The zero-order valence-corrected chi connectivity index (χ0v) is 8.51. The lowest BCUT2D eigenvalue weighted by Gasteiger charge is -2.01. The Morgan fingerprint density at radius 1 is 1.57 bits per heavy atom. The molecule has 4 heteroatoms. The fraction of sp³-hybridized carbons (Fsp3) is 0.500. The van der Waals surface area contributed by atoms with E-state index in [0.717, 1.165) is 10.3 Å². The first-order valence-electron chi connectivity index (χ1n) is 4.66. The molecule has 0 aliphatic rings. The highest BCUT2D eigenvalue weighted by Gasteiger charge is 1.94. The molecule has 1 rings (SSSR count). The van der Waals surface area contributed by atoms with Gasteiger partial charge in [0.05, 0.1) is 6.10 Å². The molecule has 1 aromatic heterocycles. The molecule has 0 amide bonds. The maximum Gasteiger partial charge on any atom is 0.163 e. The number of aromatic nitrogens is 1. The van der Waals surface area contributed by atoms with E-state index in [1.54, 1.807) is 25.3 Å². The number of aryl methyl sites for hydroxylation is 1. The largest absolute Gasteiger partial charge is 0.427 e. The summed E-state index contributed by atoms with van der Waals surface area (Å²) in [7, 11) is 0. The van der Waals surface area contributed by atoms with E-state index in [-0.39, 0.29) is 6.10 Å². The van der Waals surface area contributed by atoms with Crippen LogP contribution in [0.15, 0.2) is 23.3 Å². The highest BCUT2D eigenvalue weighted by Crippen LogP contribution is 1.91. The van der Waals surface area contributed by atoms with Crippen LogP contribution in [0.5, 0.6) is 0 Å². The first-order valence-corrected chi connectivity index (χ1v) is 4.66. The van der Waals surface area contributed by atoms with E-state index in [1.807, 2.05) is 6.92 Å². The third-order valence-corrected chi connectivity index (χ3v) is 1.89. The smallest absolute Gasteiger partial charge is 0.163 e. The maximum atomic E-state index is 9.36. The standard InChI is InChI=1S/C10H16N2O2/c1-8-4-6-12(14)10(7-8)11-5-3-9(2)13/h4,6-7,9,13-14H,3,5H2,1-2H3. The number of rotatable bonds is 3. The lowest BCUT2D eigenvalue weighted by molar-refractivity contribution is 0.168. The average Bonchev–Trinajstić information content (AvgIpc) is 2.10. The predicted octanol–water partition coefficient (Wildman–Crippen LogP) is 0.705. The lowest BCUT2D eigenvalue weighted by atomic mass is 10.3. The number of nitrogens with zero attached hydrogens (tertiary/aromatic N) is 2. The van der Waals surface area contributed by atoms with Crippen molar-refractivity contribution in [2.45, 2.75) is 26.4 Å². The van der Waals surface area contributed by atoms with E-state index in [1.165, 1.54) is 0 Å². The molecule has 1 heterocycles. The van der Waals surface area contributed by atoms with Crippen LogP contribution in [0.4, 0.5) is 0 Å². The van der Waals surface area contributed by atoms with Gasteiger partial charge in [-0.1, -0.05) is 0 Å². The van der Waals surface area contributed by atoms with Gasteiger partial charge in [0.25, 0.3) is 0 Å². The Hall–Kier alpha value is -1.29. The summed E-state index contributed by atoms with van der Waals surface area (Å²) < 4.78 is 0.981. The SMILES string of the molecule is Cc1ccn(O)c(=NCCC(C)O)c1. The molecule has 0 fully saturated rings. The number of hydrogen-bond acceptors (Lipinski definition) is 3. The molecule has 0 aliphatic carbocycles. The van der Waals surface area contributed by atoms with Crippen molar-refractivity contribution < 1.29 is 10.3 Å². The van der Waals surface area contributed by atoms with Gasteiger partial charge in [0, 0.05) is 12.7 Å². The summed E-state index contributed by atoms with van der Waals surface area (Å²) in [4.78, 5) is 4.16. The van der Waals surface area contributed by atoms with Crippen molar-refractivity contribution in [3.05, 3.63) is 29.4 Å². The Balaban J connectivity index is 2.78. The fourth-order valence-electron chi connectivity index (χ4n) is 1.07. The van der Waals surface area contributed by atoms with Gasteiger partial charge >= 0.3 is 0 Å². The van der Waals surface area contributed by atoms with Crippen LogP contribution in [0.2, 0.25) is 0 Å². The third-order valence-electron chi connectivity index (χ3n) is 1.89. The molecule has 4 nitrogen and oxygen atoms in total. The number of hydrogen-bond donors (Lipinski definition) is 2. The van der Waals surface area contributed by atoms with Gasteiger partial charge in [0.2, 0.25) is 0 Å². The molecule has 0 aliphatic heterocycles. The summed E-state index contributed by atoms with van der Waals surface area (Å²) in [6.07, 6.45) is 1.81. The van der Waals surface area contributed by atoms with Gasteiger partial charge in [0.15, 0.2) is 5.49 Å². The van der Waals surface area contributed by atoms with Crippen LogP contribution in [-0.2, 0) is 0 Å². The number of pyridine rings is 1. The van der Waals surface area contributed by atoms with Crippen LogP contribution < -0.4 is 5.49 Å². The Labute approximate surface area is 83.1 Å². The van der Waals surface area contributed by atoms with Gasteiger partial charge in [-0.25, -0.2) is 0 Å². The van der Waals surface area contributed by atoms with Gasteiger partial charge in [-0.15, -0.1) is 0 Å². The predicted molar refractivity (Wildman–Crippen MR) is 53.1 cm³/mol. The van der Waals surface area contributed by atoms with E-state index in [0.29, 0.717) is 18.5 Å². The molecule has 0 bridgehead atoms. The van der Waals surface area contributed by atoms with Crippen molar-refractivity contribution in [2.75, 3.05) is 6.54 Å². The first kappa shape index (κ1) is 10.8. The molecule has 2 N–H and O–H groups in total. The monoisotopic (exact) mass is 196 g/mol. The molecule has 0 aromatic carbocycles. The Morgan fingerprint density at radius 3 is 2.93 bits per heavy atom. The van der Waals surface area contributed by atoms with Crippen LogP contribution in [-0.4, -0.2) is 27.7 Å². The second kappa shape index (κ2) is 4.81. The zero-order chi connectivity index (χ0) is 10.6. The lowest BCUT2D eigenvalue weighted by Crippen LogP contribution is -2.19. The Kier molecular flexibility index (Phi) is 3.71. The molecule has 1 atom stereocenters. The van der Waals surface area contributed by atoms with E-state index < -0.39 is 0 Å². The number of aliphatic hydroxyl groups is 1. The number of aliphatic hydroxyl groups excluding tert-OH is 1. The molecular weight excluding hydrogens is 180 g/mol. The first-order chi connectivity index (χ1) is 6.59. The second-order valence-corrected chi connectivity index (χ2v) is 3.43. The van der Waals surface area contributed by atoms with E-state index in [9.17, 15) is 5.21 Å². The summed E-state index contributed by atoms with van der Waals surface area (Å²) >= 11 is 0. The summed E-state index contributed by atoms with van der Waals surface area (Å²) in [5, 5.41) is 18.4. The van der Waals surface area contributed by atoms with Crippen molar-refractivity contribution in [1.82, 2.24) is 4.73 Å². The molecule has 78 valence electrons. The minimum absolute atomic E-state index is 0.351.